The van der Waals surface area contributed by atoms with E-state index in [0.29, 0.717) is 6.42 Å². The fourth-order valence-electron chi connectivity index (χ4n) is 1.43. The summed E-state index contributed by atoms with van der Waals surface area (Å²) < 4.78 is 30.9. The fourth-order valence-corrected chi connectivity index (χ4v) is 1.43. The van der Waals surface area contributed by atoms with E-state index < -0.39 is 29.6 Å². The van der Waals surface area contributed by atoms with E-state index in [4.69, 9.17) is 10.5 Å². The normalized spacial score (nSPS) is 11.8. The van der Waals surface area contributed by atoms with Crippen molar-refractivity contribution < 1.29 is 23.1 Å². The first kappa shape index (κ1) is 15.9. The molecule has 0 spiro atoms. The highest BCUT2D eigenvalue weighted by molar-refractivity contribution is 5.80. The molecular weight excluding hydrogens is 270 g/mol. The average Bonchev–Trinajstić information content (AvgIpc) is 2.38. The van der Waals surface area contributed by atoms with Crippen LogP contribution in [0.1, 0.15) is 19.8 Å². The van der Waals surface area contributed by atoms with Gasteiger partial charge in [-0.25, -0.2) is 8.78 Å². The standard InChI is InChI=1S/C13H16F2N2O3/c1-8(13(19)17-6-2-3-12(16)18)20-9-4-5-10(14)11(15)7-9/h4-5,7-8H,2-3,6H2,1H3,(H2,16,18)(H,17,19)/t8-/m0/s1. The summed E-state index contributed by atoms with van der Waals surface area (Å²) in [5, 5.41) is 2.54. The van der Waals surface area contributed by atoms with E-state index in [1.807, 2.05) is 0 Å². The quantitative estimate of drug-likeness (QED) is 0.737. The third-order valence-electron chi connectivity index (χ3n) is 2.47. The van der Waals surface area contributed by atoms with Crippen LogP contribution in [0.3, 0.4) is 0 Å². The van der Waals surface area contributed by atoms with E-state index in [1.165, 1.54) is 13.0 Å². The molecule has 20 heavy (non-hydrogen) atoms. The number of benzene rings is 1. The molecule has 0 unspecified atom stereocenters. The minimum absolute atomic E-state index is 0.0590. The topological polar surface area (TPSA) is 81.4 Å². The lowest BCUT2D eigenvalue weighted by molar-refractivity contribution is -0.127. The van der Waals surface area contributed by atoms with Gasteiger partial charge in [-0.15, -0.1) is 0 Å². The maximum Gasteiger partial charge on any atom is 0.260 e. The molecule has 1 atom stereocenters. The van der Waals surface area contributed by atoms with Gasteiger partial charge in [-0.1, -0.05) is 0 Å². The molecule has 1 aromatic rings. The highest BCUT2D eigenvalue weighted by Crippen LogP contribution is 2.16. The number of primary amides is 1. The molecule has 1 aromatic carbocycles. The molecule has 0 saturated carbocycles. The van der Waals surface area contributed by atoms with E-state index in [1.54, 1.807) is 0 Å². The van der Waals surface area contributed by atoms with Gasteiger partial charge in [0.25, 0.3) is 5.91 Å². The second-order valence-corrected chi connectivity index (χ2v) is 4.20. The van der Waals surface area contributed by atoms with Gasteiger partial charge in [0.1, 0.15) is 5.75 Å². The van der Waals surface area contributed by atoms with Crippen molar-refractivity contribution in [3.8, 4) is 5.75 Å². The van der Waals surface area contributed by atoms with Crippen LogP contribution in [-0.4, -0.2) is 24.5 Å². The summed E-state index contributed by atoms with van der Waals surface area (Å²) in [5.74, 6) is -2.83. The first-order chi connectivity index (χ1) is 9.40. The number of hydrogen-bond donors (Lipinski definition) is 2. The highest BCUT2D eigenvalue weighted by Gasteiger charge is 2.15. The zero-order chi connectivity index (χ0) is 15.1. The predicted molar refractivity (Wildman–Crippen MR) is 67.9 cm³/mol. The zero-order valence-corrected chi connectivity index (χ0v) is 11.0. The molecule has 0 fully saturated rings. The van der Waals surface area contributed by atoms with E-state index in [-0.39, 0.29) is 18.7 Å². The number of amides is 2. The van der Waals surface area contributed by atoms with Crippen molar-refractivity contribution in [2.45, 2.75) is 25.9 Å². The molecule has 0 heterocycles. The van der Waals surface area contributed by atoms with Crippen molar-refractivity contribution in [1.29, 1.82) is 0 Å². The molecule has 2 amide bonds. The molecule has 0 saturated heterocycles. The van der Waals surface area contributed by atoms with Crippen molar-refractivity contribution in [3.63, 3.8) is 0 Å². The zero-order valence-electron chi connectivity index (χ0n) is 11.0. The van der Waals surface area contributed by atoms with Gasteiger partial charge >= 0.3 is 0 Å². The first-order valence-electron chi connectivity index (χ1n) is 6.08. The van der Waals surface area contributed by atoms with Gasteiger partial charge in [-0.3, -0.25) is 9.59 Å². The van der Waals surface area contributed by atoms with Crippen molar-refractivity contribution in [3.05, 3.63) is 29.8 Å². The minimum Gasteiger partial charge on any atom is -0.481 e. The Morgan fingerprint density at radius 1 is 1.35 bits per heavy atom. The summed E-state index contributed by atoms with van der Waals surface area (Å²) in [5.41, 5.74) is 4.96. The van der Waals surface area contributed by atoms with Crippen LogP contribution >= 0.6 is 0 Å². The minimum atomic E-state index is -1.04. The second kappa shape index (κ2) is 7.42. The predicted octanol–water partition coefficient (Wildman–Crippen LogP) is 1.11. The first-order valence-corrected chi connectivity index (χ1v) is 6.08. The van der Waals surface area contributed by atoms with Gasteiger partial charge in [0.2, 0.25) is 5.91 Å². The highest BCUT2D eigenvalue weighted by atomic mass is 19.2. The average molecular weight is 286 g/mol. The van der Waals surface area contributed by atoms with E-state index >= 15 is 0 Å². The number of nitrogens with one attached hydrogen (secondary N) is 1. The SMILES string of the molecule is C[C@H](Oc1ccc(F)c(F)c1)C(=O)NCCCC(N)=O. The molecule has 110 valence electrons. The number of rotatable bonds is 7. The maximum atomic E-state index is 13.0. The van der Waals surface area contributed by atoms with Crippen LogP contribution in [0.2, 0.25) is 0 Å². The van der Waals surface area contributed by atoms with Crippen molar-refractivity contribution in [1.82, 2.24) is 5.32 Å². The Balaban J connectivity index is 2.41. The van der Waals surface area contributed by atoms with Gasteiger partial charge < -0.3 is 15.8 Å². The smallest absolute Gasteiger partial charge is 0.260 e. The lowest BCUT2D eigenvalue weighted by Crippen LogP contribution is -2.37. The molecular formula is C13H16F2N2O3. The van der Waals surface area contributed by atoms with E-state index in [0.717, 1.165) is 12.1 Å². The maximum absolute atomic E-state index is 13.0. The molecule has 0 aromatic heterocycles. The Bertz CT molecular complexity index is 495. The monoisotopic (exact) mass is 286 g/mol. The van der Waals surface area contributed by atoms with Crippen LogP contribution < -0.4 is 15.8 Å². The van der Waals surface area contributed by atoms with Crippen LogP contribution in [0.4, 0.5) is 8.78 Å². The number of carbonyl (C=O) groups excluding carboxylic acids is 2. The molecule has 3 N–H and O–H groups in total. The molecule has 0 bridgehead atoms. The molecule has 0 aliphatic carbocycles. The van der Waals surface area contributed by atoms with Gasteiger partial charge in [0.15, 0.2) is 17.7 Å². The number of ether oxygens (including phenoxy) is 1. The van der Waals surface area contributed by atoms with Crippen molar-refractivity contribution in [2.24, 2.45) is 5.73 Å². The van der Waals surface area contributed by atoms with Gasteiger partial charge in [0.05, 0.1) is 0 Å². The van der Waals surface area contributed by atoms with E-state index in [9.17, 15) is 18.4 Å². The third-order valence-corrected chi connectivity index (χ3v) is 2.47. The summed E-state index contributed by atoms with van der Waals surface area (Å²) in [6.07, 6.45) is -0.258. The summed E-state index contributed by atoms with van der Waals surface area (Å²) >= 11 is 0. The Morgan fingerprint density at radius 3 is 2.65 bits per heavy atom. The summed E-state index contributed by atoms with van der Waals surface area (Å²) in [4.78, 5) is 22.1. The Labute approximate surface area is 115 Å². The van der Waals surface area contributed by atoms with Gasteiger partial charge in [-0.05, 0) is 25.5 Å². The van der Waals surface area contributed by atoms with Crippen LogP contribution in [0.5, 0.6) is 5.75 Å². The Kier molecular flexibility index (Phi) is 5.89. The molecule has 0 radical (unpaired) electrons. The van der Waals surface area contributed by atoms with Gasteiger partial charge in [0, 0.05) is 19.0 Å². The van der Waals surface area contributed by atoms with Crippen LogP contribution in [0, 0.1) is 11.6 Å². The summed E-state index contributed by atoms with van der Waals surface area (Å²) in [6, 6.07) is 3.02. The molecule has 5 nitrogen and oxygen atoms in total. The van der Waals surface area contributed by atoms with Crippen LogP contribution in [0.25, 0.3) is 0 Å². The molecule has 0 aliphatic rings. The Morgan fingerprint density at radius 2 is 2.05 bits per heavy atom. The third kappa shape index (κ3) is 5.21. The largest absolute Gasteiger partial charge is 0.481 e. The number of nitrogens with two attached hydrogens (primary N) is 1. The lowest BCUT2D eigenvalue weighted by atomic mass is 10.3. The fraction of sp³-hybridized carbons (Fsp3) is 0.385. The summed E-state index contributed by atoms with van der Waals surface area (Å²) in [6.45, 7) is 1.76. The molecule has 7 heteroatoms. The summed E-state index contributed by atoms with van der Waals surface area (Å²) in [7, 11) is 0. The van der Waals surface area contributed by atoms with Crippen LogP contribution in [-0.2, 0) is 9.59 Å². The number of halogens is 2. The molecule has 0 aliphatic heterocycles. The van der Waals surface area contributed by atoms with Gasteiger partial charge in [-0.2, -0.15) is 0 Å². The lowest BCUT2D eigenvalue weighted by Gasteiger charge is -2.14. The second-order valence-electron chi connectivity index (χ2n) is 4.20. The van der Waals surface area contributed by atoms with Crippen molar-refractivity contribution in [2.75, 3.05) is 6.54 Å². The molecule has 1 rings (SSSR count). The number of hydrogen-bond acceptors (Lipinski definition) is 3. The van der Waals surface area contributed by atoms with E-state index in [2.05, 4.69) is 5.32 Å². The van der Waals surface area contributed by atoms with Crippen molar-refractivity contribution >= 4 is 11.8 Å². The number of carbonyl (C=O) groups is 2. The Hall–Kier alpha value is -2.18. The van der Waals surface area contributed by atoms with Crippen LogP contribution in [0.15, 0.2) is 18.2 Å².